The van der Waals surface area contributed by atoms with Gasteiger partial charge in [-0.2, -0.15) is 0 Å². The highest BCUT2D eigenvalue weighted by molar-refractivity contribution is 4.92. The molecule has 0 radical (unpaired) electrons. The molecule has 1 N–H and O–H groups in total. The summed E-state index contributed by atoms with van der Waals surface area (Å²) in [5, 5.41) is 3.91. The molecular weight excluding hydrogens is 242 g/mol. The standard InChI is InChI=1S/C19H39N/c1-4-5-6-7-8-9-10-12-15-19(18(2)3)16-13-11-14-17-20-19/h18,20H,4-17H2,1-3H3. The Morgan fingerprint density at radius 1 is 0.850 bits per heavy atom. The Balaban J connectivity index is 2.16. The van der Waals surface area contributed by atoms with Crippen LogP contribution in [0, 0.1) is 5.92 Å². The van der Waals surface area contributed by atoms with E-state index >= 15 is 0 Å². The minimum absolute atomic E-state index is 0.457. The van der Waals surface area contributed by atoms with Crippen molar-refractivity contribution in [3.63, 3.8) is 0 Å². The van der Waals surface area contributed by atoms with Gasteiger partial charge in [0.25, 0.3) is 0 Å². The van der Waals surface area contributed by atoms with Gasteiger partial charge < -0.3 is 5.32 Å². The van der Waals surface area contributed by atoms with E-state index in [9.17, 15) is 0 Å². The normalized spacial score (nSPS) is 24.0. The number of unbranched alkanes of at least 4 members (excludes halogenated alkanes) is 7. The molecule has 0 aromatic carbocycles. The summed E-state index contributed by atoms with van der Waals surface area (Å²) in [5.41, 5.74) is 0.457. The minimum Gasteiger partial charge on any atom is -0.311 e. The Hall–Kier alpha value is -0.0400. The number of hydrogen-bond acceptors (Lipinski definition) is 1. The molecule has 1 aliphatic rings. The van der Waals surface area contributed by atoms with Gasteiger partial charge in [0.1, 0.15) is 0 Å². The van der Waals surface area contributed by atoms with Gasteiger partial charge >= 0.3 is 0 Å². The van der Waals surface area contributed by atoms with E-state index in [1.54, 1.807) is 0 Å². The van der Waals surface area contributed by atoms with Crippen LogP contribution in [0.15, 0.2) is 0 Å². The molecule has 20 heavy (non-hydrogen) atoms. The average Bonchev–Trinajstić information content (AvgIpc) is 2.68. The molecule has 0 amide bonds. The van der Waals surface area contributed by atoms with Crippen LogP contribution in [0.25, 0.3) is 0 Å². The molecule has 1 rings (SSSR count). The van der Waals surface area contributed by atoms with Crippen molar-refractivity contribution in [2.45, 2.75) is 110 Å². The molecule has 1 saturated heterocycles. The van der Waals surface area contributed by atoms with E-state index in [1.807, 2.05) is 0 Å². The van der Waals surface area contributed by atoms with Crippen LogP contribution < -0.4 is 5.32 Å². The zero-order valence-corrected chi connectivity index (χ0v) is 14.5. The molecule has 0 bridgehead atoms. The molecule has 1 aliphatic heterocycles. The lowest BCUT2D eigenvalue weighted by atomic mass is 9.78. The van der Waals surface area contributed by atoms with Gasteiger partial charge in [0, 0.05) is 5.54 Å². The van der Waals surface area contributed by atoms with Gasteiger partial charge in [0.05, 0.1) is 0 Å². The Bertz CT molecular complexity index is 214. The summed E-state index contributed by atoms with van der Waals surface area (Å²) in [5.74, 6) is 0.783. The molecule has 1 nitrogen and oxygen atoms in total. The first kappa shape index (κ1) is 18.0. The Kier molecular flexibility index (Phi) is 9.59. The van der Waals surface area contributed by atoms with Gasteiger partial charge in [0.15, 0.2) is 0 Å². The maximum atomic E-state index is 3.91. The lowest BCUT2D eigenvalue weighted by molar-refractivity contribution is 0.204. The van der Waals surface area contributed by atoms with Gasteiger partial charge in [0.2, 0.25) is 0 Å². The van der Waals surface area contributed by atoms with Crippen LogP contribution in [0.5, 0.6) is 0 Å². The summed E-state index contributed by atoms with van der Waals surface area (Å²) >= 11 is 0. The van der Waals surface area contributed by atoms with E-state index < -0.39 is 0 Å². The second kappa shape index (κ2) is 10.7. The zero-order valence-electron chi connectivity index (χ0n) is 14.5. The first-order valence-corrected chi connectivity index (χ1v) is 9.46. The third-order valence-corrected chi connectivity index (χ3v) is 5.36. The van der Waals surface area contributed by atoms with E-state index in [0.717, 1.165) is 5.92 Å². The van der Waals surface area contributed by atoms with Crippen LogP contribution in [0.3, 0.4) is 0 Å². The van der Waals surface area contributed by atoms with E-state index in [0.29, 0.717) is 5.54 Å². The predicted molar refractivity (Wildman–Crippen MR) is 91.3 cm³/mol. The SMILES string of the molecule is CCCCCCCCCCC1(C(C)C)CCCCCN1. The molecule has 0 aromatic rings. The van der Waals surface area contributed by atoms with Crippen LogP contribution in [-0.2, 0) is 0 Å². The van der Waals surface area contributed by atoms with Crippen molar-refractivity contribution in [1.29, 1.82) is 0 Å². The van der Waals surface area contributed by atoms with Gasteiger partial charge in [-0.3, -0.25) is 0 Å². The highest BCUT2D eigenvalue weighted by Crippen LogP contribution is 2.32. The largest absolute Gasteiger partial charge is 0.311 e. The summed E-state index contributed by atoms with van der Waals surface area (Å²) in [7, 11) is 0. The van der Waals surface area contributed by atoms with Crippen molar-refractivity contribution in [2.24, 2.45) is 5.92 Å². The van der Waals surface area contributed by atoms with Crippen molar-refractivity contribution in [3.8, 4) is 0 Å². The second-order valence-electron chi connectivity index (χ2n) is 7.27. The highest BCUT2D eigenvalue weighted by atomic mass is 15.0. The molecular formula is C19H39N. The maximum absolute atomic E-state index is 3.91. The van der Waals surface area contributed by atoms with Crippen LogP contribution in [0.1, 0.15) is 104 Å². The lowest BCUT2D eigenvalue weighted by Gasteiger charge is -2.38. The highest BCUT2D eigenvalue weighted by Gasteiger charge is 2.32. The quantitative estimate of drug-likeness (QED) is 0.479. The molecule has 1 heterocycles. The smallest absolute Gasteiger partial charge is 0.0204 e. The molecule has 0 spiro atoms. The van der Waals surface area contributed by atoms with Gasteiger partial charge in [-0.05, 0) is 31.7 Å². The number of rotatable bonds is 10. The first-order valence-electron chi connectivity index (χ1n) is 9.46. The maximum Gasteiger partial charge on any atom is 0.0204 e. The average molecular weight is 282 g/mol. The minimum atomic E-state index is 0.457. The van der Waals surface area contributed by atoms with E-state index in [1.165, 1.54) is 90.0 Å². The topological polar surface area (TPSA) is 12.0 Å². The Morgan fingerprint density at radius 3 is 2.15 bits per heavy atom. The summed E-state index contributed by atoms with van der Waals surface area (Å²) in [6.07, 6.45) is 18.5. The second-order valence-corrected chi connectivity index (χ2v) is 7.27. The summed E-state index contributed by atoms with van der Waals surface area (Å²) < 4.78 is 0. The monoisotopic (exact) mass is 281 g/mol. The fourth-order valence-corrected chi connectivity index (χ4v) is 3.74. The molecule has 1 heteroatoms. The summed E-state index contributed by atoms with van der Waals surface area (Å²) in [4.78, 5) is 0. The molecule has 1 atom stereocenters. The third kappa shape index (κ3) is 6.61. The van der Waals surface area contributed by atoms with E-state index in [-0.39, 0.29) is 0 Å². The van der Waals surface area contributed by atoms with Crippen LogP contribution in [-0.4, -0.2) is 12.1 Å². The van der Waals surface area contributed by atoms with Crippen molar-refractivity contribution >= 4 is 0 Å². The zero-order chi connectivity index (χ0) is 14.7. The van der Waals surface area contributed by atoms with Crippen molar-refractivity contribution in [1.82, 2.24) is 5.32 Å². The van der Waals surface area contributed by atoms with Crippen LogP contribution >= 0.6 is 0 Å². The predicted octanol–water partition coefficient (Wildman–Crippen LogP) is 6.08. The fraction of sp³-hybridized carbons (Fsp3) is 1.00. The summed E-state index contributed by atoms with van der Waals surface area (Å²) in [6, 6.07) is 0. The van der Waals surface area contributed by atoms with Crippen LogP contribution in [0.4, 0.5) is 0 Å². The fourth-order valence-electron chi connectivity index (χ4n) is 3.74. The molecule has 0 aromatic heterocycles. The van der Waals surface area contributed by atoms with E-state index in [4.69, 9.17) is 0 Å². The number of hydrogen-bond donors (Lipinski definition) is 1. The molecule has 1 unspecified atom stereocenters. The first-order chi connectivity index (χ1) is 9.71. The lowest BCUT2D eigenvalue weighted by Crippen LogP contribution is -2.49. The summed E-state index contributed by atoms with van der Waals surface area (Å²) in [6.45, 7) is 8.38. The van der Waals surface area contributed by atoms with Crippen molar-refractivity contribution in [3.05, 3.63) is 0 Å². The molecule has 0 saturated carbocycles. The third-order valence-electron chi connectivity index (χ3n) is 5.36. The van der Waals surface area contributed by atoms with E-state index in [2.05, 4.69) is 26.1 Å². The van der Waals surface area contributed by atoms with Gasteiger partial charge in [-0.25, -0.2) is 0 Å². The Morgan fingerprint density at radius 2 is 1.50 bits per heavy atom. The van der Waals surface area contributed by atoms with Crippen LogP contribution in [0.2, 0.25) is 0 Å². The van der Waals surface area contributed by atoms with Gasteiger partial charge in [-0.1, -0.05) is 85.0 Å². The number of nitrogens with one attached hydrogen (secondary N) is 1. The Labute approximate surface area is 128 Å². The van der Waals surface area contributed by atoms with Gasteiger partial charge in [-0.15, -0.1) is 0 Å². The van der Waals surface area contributed by atoms with Crippen molar-refractivity contribution < 1.29 is 0 Å². The molecule has 1 fully saturated rings. The molecule has 0 aliphatic carbocycles. The molecule has 120 valence electrons. The van der Waals surface area contributed by atoms with Crippen molar-refractivity contribution in [2.75, 3.05) is 6.54 Å².